The molecule has 3 N–H and O–H groups in total. The van der Waals surface area contributed by atoms with Crippen molar-refractivity contribution in [2.75, 3.05) is 26.2 Å². The molecule has 0 aliphatic carbocycles. The first-order valence-corrected chi connectivity index (χ1v) is 11.6. The number of fused-ring (bicyclic) bond motifs is 2. The quantitative estimate of drug-likeness (QED) is 0.488. The zero-order valence-electron chi connectivity index (χ0n) is 18.3. The summed E-state index contributed by atoms with van der Waals surface area (Å²) < 4.78 is 5.59. The molecule has 3 heterocycles. The molecule has 2 aromatic carbocycles. The monoisotopic (exact) mass is 434 g/mol. The molecule has 0 unspecified atom stereocenters. The van der Waals surface area contributed by atoms with Gasteiger partial charge < -0.3 is 24.8 Å². The smallest absolute Gasteiger partial charge is 0.335 e. The van der Waals surface area contributed by atoms with Crippen molar-refractivity contribution in [3.05, 3.63) is 64.8 Å². The number of aromatic carboxylic acids is 1. The minimum Gasteiger partial charge on any atom is -0.493 e. The van der Waals surface area contributed by atoms with Gasteiger partial charge in [-0.15, -0.1) is 0 Å². The number of rotatable bonds is 7. The van der Waals surface area contributed by atoms with Crippen LogP contribution in [0.15, 0.2) is 42.6 Å². The van der Waals surface area contributed by atoms with Crippen molar-refractivity contribution in [2.45, 2.75) is 44.1 Å². The highest BCUT2D eigenvalue weighted by Crippen LogP contribution is 2.36. The number of carboxylic acids is 1. The number of hydrogen-bond acceptors (Lipinski definition) is 4. The van der Waals surface area contributed by atoms with E-state index in [0.717, 1.165) is 87.0 Å². The van der Waals surface area contributed by atoms with E-state index in [-0.39, 0.29) is 0 Å². The number of aromatic amines is 1. The first kappa shape index (κ1) is 21.0. The number of carbonyl (C=O) groups is 1. The Morgan fingerprint density at radius 1 is 1.12 bits per heavy atom. The Bertz CT molecular complexity index is 1130. The number of benzene rings is 2. The van der Waals surface area contributed by atoms with Crippen LogP contribution < -0.4 is 4.74 Å². The van der Waals surface area contributed by atoms with Gasteiger partial charge in [0.25, 0.3) is 0 Å². The molecule has 0 bridgehead atoms. The van der Waals surface area contributed by atoms with Crippen molar-refractivity contribution in [3.8, 4) is 5.75 Å². The zero-order valence-corrected chi connectivity index (χ0v) is 18.3. The summed E-state index contributed by atoms with van der Waals surface area (Å²) in [5, 5.41) is 21.5. The lowest BCUT2D eigenvalue weighted by Gasteiger charge is -2.38. The highest BCUT2D eigenvalue weighted by atomic mass is 16.5. The molecule has 1 aromatic heterocycles. The number of carboxylic acid groups (broad SMARTS) is 1. The standard InChI is InChI=1S/C26H30N2O4/c29-25(30)19-4-6-23-22(16-19)20(17-27-23)3-1-2-11-28-12-9-26(31,10-13-28)21-5-7-24-18(15-21)8-14-32-24/h4-7,15-17,27,31H,1-3,8-14H2,(H,29,30). The van der Waals surface area contributed by atoms with Crippen molar-refractivity contribution in [2.24, 2.45) is 0 Å². The van der Waals surface area contributed by atoms with Crippen molar-refractivity contribution >= 4 is 16.9 Å². The Balaban J connectivity index is 1.11. The van der Waals surface area contributed by atoms with Crippen LogP contribution in [0.1, 0.15) is 52.7 Å². The molecule has 168 valence electrons. The fourth-order valence-electron chi connectivity index (χ4n) is 5.08. The average molecular weight is 435 g/mol. The van der Waals surface area contributed by atoms with E-state index in [1.165, 1.54) is 11.1 Å². The van der Waals surface area contributed by atoms with Gasteiger partial charge in [0, 0.05) is 36.6 Å². The third kappa shape index (κ3) is 4.12. The van der Waals surface area contributed by atoms with Gasteiger partial charge >= 0.3 is 5.97 Å². The molecule has 0 amide bonds. The fourth-order valence-corrected chi connectivity index (χ4v) is 5.08. The number of aromatic nitrogens is 1. The summed E-state index contributed by atoms with van der Waals surface area (Å²) in [7, 11) is 0. The van der Waals surface area contributed by atoms with E-state index >= 15 is 0 Å². The number of nitrogens with zero attached hydrogens (tertiary/aromatic N) is 1. The van der Waals surface area contributed by atoms with Crippen LogP contribution in [-0.4, -0.2) is 52.3 Å². The topological polar surface area (TPSA) is 85.8 Å². The second-order valence-electron chi connectivity index (χ2n) is 9.13. The predicted molar refractivity (Wildman–Crippen MR) is 123 cm³/mol. The lowest BCUT2D eigenvalue weighted by atomic mass is 9.83. The van der Waals surface area contributed by atoms with Crippen LogP contribution >= 0.6 is 0 Å². The lowest BCUT2D eigenvalue weighted by molar-refractivity contribution is -0.0261. The number of H-pyrrole nitrogens is 1. The molecular formula is C26H30N2O4. The summed E-state index contributed by atoms with van der Waals surface area (Å²) in [6.07, 6.45) is 7.51. The second-order valence-corrected chi connectivity index (χ2v) is 9.13. The molecule has 2 aliphatic rings. The van der Waals surface area contributed by atoms with E-state index in [1.54, 1.807) is 12.1 Å². The van der Waals surface area contributed by atoms with Crippen molar-refractivity contribution in [1.82, 2.24) is 9.88 Å². The van der Waals surface area contributed by atoms with E-state index in [0.29, 0.717) is 5.56 Å². The number of hydrogen-bond donors (Lipinski definition) is 3. The zero-order chi connectivity index (χ0) is 22.1. The summed E-state index contributed by atoms with van der Waals surface area (Å²) in [5.41, 5.74) is 4.00. The van der Waals surface area contributed by atoms with Crippen LogP contribution in [0.4, 0.5) is 0 Å². The molecule has 0 saturated carbocycles. The highest BCUT2D eigenvalue weighted by Gasteiger charge is 2.34. The number of nitrogens with one attached hydrogen (secondary N) is 1. The van der Waals surface area contributed by atoms with Gasteiger partial charge in [-0.1, -0.05) is 6.07 Å². The lowest BCUT2D eigenvalue weighted by Crippen LogP contribution is -2.42. The molecule has 0 atom stereocenters. The minimum absolute atomic E-state index is 0.329. The van der Waals surface area contributed by atoms with Crippen LogP contribution in [-0.2, 0) is 18.4 Å². The number of aryl methyl sites for hydroxylation is 1. The fraction of sp³-hybridized carbons (Fsp3) is 0.423. The SMILES string of the molecule is O=C(O)c1ccc2[nH]cc(CCCCN3CCC(O)(c4ccc5c(c4)CCO5)CC3)c2c1. The number of ether oxygens (including phenoxy) is 1. The molecule has 5 rings (SSSR count). The Kier molecular flexibility index (Phi) is 5.66. The maximum Gasteiger partial charge on any atom is 0.335 e. The van der Waals surface area contributed by atoms with E-state index in [4.69, 9.17) is 4.74 Å². The van der Waals surface area contributed by atoms with Gasteiger partial charge in [0.05, 0.1) is 17.8 Å². The third-order valence-corrected chi connectivity index (χ3v) is 7.09. The molecule has 6 nitrogen and oxygen atoms in total. The van der Waals surface area contributed by atoms with E-state index in [9.17, 15) is 15.0 Å². The van der Waals surface area contributed by atoms with E-state index < -0.39 is 11.6 Å². The number of unbranched alkanes of at least 4 members (excludes halogenated alkanes) is 1. The Morgan fingerprint density at radius 2 is 1.97 bits per heavy atom. The summed E-state index contributed by atoms with van der Waals surface area (Å²) in [5.74, 6) is 0.0708. The molecule has 1 saturated heterocycles. The Morgan fingerprint density at radius 3 is 2.78 bits per heavy atom. The van der Waals surface area contributed by atoms with E-state index in [2.05, 4.69) is 16.0 Å². The van der Waals surface area contributed by atoms with Gasteiger partial charge in [-0.05, 0) is 85.7 Å². The molecule has 1 fully saturated rings. The number of piperidine rings is 1. The third-order valence-electron chi connectivity index (χ3n) is 7.09. The normalized spacial score (nSPS) is 17.9. The van der Waals surface area contributed by atoms with Gasteiger partial charge in [-0.2, -0.15) is 0 Å². The van der Waals surface area contributed by atoms with Gasteiger partial charge in [0.15, 0.2) is 0 Å². The Labute approximate surface area is 187 Å². The summed E-state index contributed by atoms with van der Waals surface area (Å²) >= 11 is 0. The largest absolute Gasteiger partial charge is 0.493 e. The molecule has 6 heteroatoms. The van der Waals surface area contributed by atoms with Crippen LogP contribution in [0.3, 0.4) is 0 Å². The Hall–Kier alpha value is -2.83. The van der Waals surface area contributed by atoms with Gasteiger partial charge in [-0.25, -0.2) is 4.79 Å². The van der Waals surface area contributed by atoms with Gasteiger partial charge in [-0.3, -0.25) is 0 Å². The van der Waals surface area contributed by atoms with Gasteiger partial charge in [0.1, 0.15) is 5.75 Å². The minimum atomic E-state index is -0.891. The van der Waals surface area contributed by atoms with Gasteiger partial charge in [0.2, 0.25) is 0 Å². The summed E-state index contributed by atoms with van der Waals surface area (Å²) in [6.45, 7) is 3.57. The van der Waals surface area contributed by atoms with Crippen LogP contribution in [0.5, 0.6) is 5.75 Å². The first-order chi connectivity index (χ1) is 15.5. The maximum absolute atomic E-state index is 11.3. The number of likely N-dealkylation sites (tertiary alicyclic amines) is 1. The van der Waals surface area contributed by atoms with Crippen molar-refractivity contribution in [1.29, 1.82) is 0 Å². The predicted octanol–water partition coefficient (Wildman–Crippen LogP) is 4.11. The van der Waals surface area contributed by atoms with Crippen LogP contribution in [0.2, 0.25) is 0 Å². The van der Waals surface area contributed by atoms with E-state index in [1.807, 2.05) is 24.4 Å². The highest BCUT2D eigenvalue weighted by molar-refractivity contribution is 5.94. The molecular weight excluding hydrogens is 404 g/mol. The molecule has 0 radical (unpaired) electrons. The average Bonchev–Trinajstić information content (AvgIpc) is 3.44. The number of aliphatic hydroxyl groups is 1. The first-order valence-electron chi connectivity index (χ1n) is 11.6. The van der Waals surface area contributed by atoms with Crippen LogP contribution in [0, 0.1) is 0 Å². The molecule has 0 spiro atoms. The molecule has 32 heavy (non-hydrogen) atoms. The van der Waals surface area contributed by atoms with Crippen molar-refractivity contribution < 1.29 is 19.7 Å². The molecule has 2 aliphatic heterocycles. The second kappa shape index (κ2) is 8.60. The summed E-state index contributed by atoms with van der Waals surface area (Å²) in [6, 6.07) is 11.4. The summed E-state index contributed by atoms with van der Waals surface area (Å²) in [4.78, 5) is 17.0. The maximum atomic E-state index is 11.3. The molecule has 3 aromatic rings. The van der Waals surface area contributed by atoms with Crippen molar-refractivity contribution in [3.63, 3.8) is 0 Å². The van der Waals surface area contributed by atoms with Crippen LogP contribution in [0.25, 0.3) is 10.9 Å².